The van der Waals surface area contributed by atoms with Gasteiger partial charge in [0.15, 0.2) is 7.37 Å². The van der Waals surface area contributed by atoms with E-state index in [4.69, 9.17) is 9.63 Å². The molecule has 0 heterocycles. The fourth-order valence-electron chi connectivity index (χ4n) is 1.16. The van der Waals surface area contributed by atoms with E-state index in [1.54, 1.807) is 7.11 Å². The van der Waals surface area contributed by atoms with Crippen molar-refractivity contribution in [3.8, 4) is 5.75 Å². The lowest BCUT2D eigenvalue weighted by Gasteiger charge is -2.06. The van der Waals surface area contributed by atoms with Gasteiger partial charge in [-0.1, -0.05) is 12.1 Å². The molecule has 78 valence electrons. The molecule has 1 N–H and O–H groups in total. The van der Waals surface area contributed by atoms with Crippen LogP contribution in [0.3, 0.4) is 0 Å². The first-order valence-corrected chi connectivity index (χ1v) is 6.73. The maximum absolute atomic E-state index is 11.1. The maximum Gasteiger partial charge on any atom is 0.197 e. The van der Waals surface area contributed by atoms with Gasteiger partial charge in [0.1, 0.15) is 5.75 Å². The van der Waals surface area contributed by atoms with Gasteiger partial charge in [-0.2, -0.15) is 0 Å². The number of benzene rings is 1. The molecule has 1 aromatic rings. The lowest BCUT2D eigenvalue weighted by atomic mass is 10.2. The minimum Gasteiger partial charge on any atom is -0.497 e. The first-order valence-electron chi connectivity index (χ1n) is 4.43. The molecule has 0 radical (unpaired) electrons. The van der Waals surface area contributed by atoms with Crippen molar-refractivity contribution in [2.45, 2.75) is 6.42 Å². The summed E-state index contributed by atoms with van der Waals surface area (Å²) in [6.45, 7) is 1.38. The molecule has 0 saturated carbocycles. The van der Waals surface area contributed by atoms with Crippen LogP contribution in [0.4, 0.5) is 0 Å². The molecular formula is C10H15O3P. The van der Waals surface area contributed by atoms with Crippen LogP contribution in [0.15, 0.2) is 24.3 Å². The molecule has 0 spiro atoms. The summed E-state index contributed by atoms with van der Waals surface area (Å²) in [5.74, 6) is 0.784. The van der Waals surface area contributed by atoms with Gasteiger partial charge in [0.05, 0.1) is 7.11 Å². The van der Waals surface area contributed by atoms with Crippen molar-refractivity contribution in [2.75, 3.05) is 19.9 Å². The summed E-state index contributed by atoms with van der Waals surface area (Å²) >= 11 is 0. The van der Waals surface area contributed by atoms with Crippen molar-refractivity contribution in [3.05, 3.63) is 29.8 Å². The van der Waals surface area contributed by atoms with Gasteiger partial charge in [0, 0.05) is 12.8 Å². The van der Waals surface area contributed by atoms with E-state index >= 15 is 0 Å². The molecule has 1 aromatic carbocycles. The zero-order valence-corrected chi connectivity index (χ0v) is 9.33. The highest BCUT2D eigenvalue weighted by molar-refractivity contribution is 7.57. The normalized spacial score (nSPS) is 14.8. The predicted molar refractivity (Wildman–Crippen MR) is 57.3 cm³/mol. The molecule has 0 aliphatic carbocycles. The van der Waals surface area contributed by atoms with E-state index in [1.807, 2.05) is 24.3 Å². The number of methoxy groups -OCH3 is 1. The number of hydrogen-bond acceptors (Lipinski definition) is 2. The Morgan fingerprint density at radius 2 is 2.21 bits per heavy atom. The highest BCUT2D eigenvalue weighted by Crippen LogP contribution is 2.35. The summed E-state index contributed by atoms with van der Waals surface area (Å²) in [5.41, 5.74) is 1.03. The lowest BCUT2D eigenvalue weighted by Crippen LogP contribution is -1.93. The number of ether oxygens (including phenoxy) is 1. The van der Waals surface area contributed by atoms with Crippen molar-refractivity contribution in [2.24, 2.45) is 0 Å². The van der Waals surface area contributed by atoms with Gasteiger partial charge in [-0.05, 0) is 24.1 Å². The van der Waals surface area contributed by atoms with Gasteiger partial charge >= 0.3 is 0 Å². The van der Waals surface area contributed by atoms with Crippen LogP contribution in [0.2, 0.25) is 0 Å². The fourth-order valence-corrected chi connectivity index (χ4v) is 1.84. The van der Waals surface area contributed by atoms with Gasteiger partial charge in [-0.25, -0.2) is 0 Å². The molecule has 0 amide bonds. The van der Waals surface area contributed by atoms with Gasteiger partial charge in [0.25, 0.3) is 0 Å². The van der Waals surface area contributed by atoms with Crippen LogP contribution in [0, 0.1) is 0 Å². The number of hydrogen-bond donors (Lipinski definition) is 1. The Morgan fingerprint density at radius 1 is 1.50 bits per heavy atom. The van der Waals surface area contributed by atoms with Crippen molar-refractivity contribution >= 4 is 7.37 Å². The predicted octanol–water partition coefficient (Wildman–Crippen LogP) is 2.14. The van der Waals surface area contributed by atoms with Gasteiger partial charge in [0.2, 0.25) is 0 Å². The van der Waals surface area contributed by atoms with Crippen molar-refractivity contribution in [1.29, 1.82) is 0 Å². The van der Waals surface area contributed by atoms with Crippen LogP contribution in [0.25, 0.3) is 0 Å². The highest BCUT2D eigenvalue weighted by Gasteiger charge is 2.09. The maximum atomic E-state index is 11.1. The third-order valence-electron chi connectivity index (χ3n) is 1.95. The van der Waals surface area contributed by atoms with Crippen LogP contribution in [0.1, 0.15) is 5.56 Å². The van der Waals surface area contributed by atoms with E-state index in [9.17, 15) is 4.57 Å². The fraction of sp³-hybridized carbons (Fsp3) is 0.400. The largest absolute Gasteiger partial charge is 0.497 e. The minimum absolute atomic E-state index is 0.320. The van der Waals surface area contributed by atoms with E-state index in [0.717, 1.165) is 11.3 Å². The quantitative estimate of drug-likeness (QED) is 0.781. The van der Waals surface area contributed by atoms with E-state index in [1.165, 1.54) is 6.66 Å². The van der Waals surface area contributed by atoms with Gasteiger partial charge in [-0.15, -0.1) is 0 Å². The highest BCUT2D eigenvalue weighted by atomic mass is 31.2. The Hall–Kier alpha value is -0.790. The molecule has 3 nitrogen and oxygen atoms in total. The molecular weight excluding hydrogens is 199 g/mol. The Bertz CT molecular complexity index is 343. The van der Waals surface area contributed by atoms with Crippen LogP contribution in [-0.2, 0) is 11.0 Å². The molecule has 14 heavy (non-hydrogen) atoms. The molecule has 0 aromatic heterocycles. The SMILES string of the molecule is COc1cccc(CCP(C)(=O)O)c1. The molecule has 1 unspecified atom stereocenters. The van der Waals surface area contributed by atoms with Crippen molar-refractivity contribution < 1.29 is 14.2 Å². The standard InChI is InChI=1S/C10H15O3P/c1-13-10-5-3-4-9(8-10)6-7-14(2,11)12/h3-5,8H,6-7H2,1-2H3,(H,11,12). The summed E-state index contributed by atoms with van der Waals surface area (Å²) in [7, 11) is -1.29. The Morgan fingerprint density at radius 3 is 2.79 bits per heavy atom. The first kappa shape index (κ1) is 11.3. The smallest absolute Gasteiger partial charge is 0.197 e. The summed E-state index contributed by atoms with van der Waals surface area (Å²) in [6, 6.07) is 7.55. The molecule has 1 atom stereocenters. The number of aryl methyl sites for hydroxylation is 1. The summed E-state index contributed by atoms with van der Waals surface area (Å²) in [4.78, 5) is 9.13. The molecule has 0 fully saturated rings. The first-order chi connectivity index (χ1) is 6.51. The summed E-state index contributed by atoms with van der Waals surface area (Å²) in [5, 5.41) is 0. The minimum atomic E-state index is -2.90. The number of rotatable bonds is 4. The summed E-state index contributed by atoms with van der Waals surface area (Å²) < 4.78 is 16.1. The van der Waals surface area contributed by atoms with Crippen LogP contribution in [0.5, 0.6) is 5.75 Å². The third kappa shape index (κ3) is 3.95. The molecule has 0 saturated heterocycles. The third-order valence-corrected chi connectivity index (χ3v) is 3.00. The molecule has 0 aliphatic heterocycles. The van der Waals surface area contributed by atoms with Crippen LogP contribution in [-0.4, -0.2) is 24.8 Å². The van der Waals surface area contributed by atoms with E-state index in [2.05, 4.69) is 0 Å². The van der Waals surface area contributed by atoms with E-state index in [0.29, 0.717) is 12.6 Å². The van der Waals surface area contributed by atoms with E-state index < -0.39 is 7.37 Å². The average molecular weight is 214 g/mol. The molecule has 0 bridgehead atoms. The molecule has 0 aliphatic rings. The Kier molecular flexibility index (Phi) is 3.73. The monoisotopic (exact) mass is 214 g/mol. The van der Waals surface area contributed by atoms with Crippen LogP contribution >= 0.6 is 7.37 Å². The van der Waals surface area contributed by atoms with E-state index in [-0.39, 0.29) is 0 Å². The van der Waals surface area contributed by atoms with Gasteiger partial charge in [-0.3, -0.25) is 4.57 Å². The zero-order chi connectivity index (χ0) is 10.6. The molecule has 1 rings (SSSR count). The molecule has 4 heteroatoms. The average Bonchev–Trinajstić information content (AvgIpc) is 2.14. The van der Waals surface area contributed by atoms with Crippen LogP contribution < -0.4 is 4.74 Å². The van der Waals surface area contributed by atoms with Gasteiger partial charge < -0.3 is 9.63 Å². The zero-order valence-electron chi connectivity index (χ0n) is 8.43. The second kappa shape index (κ2) is 4.63. The summed E-state index contributed by atoms with van der Waals surface area (Å²) in [6.07, 6.45) is 0.932. The second-order valence-electron chi connectivity index (χ2n) is 3.38. The van der Waals surface area contributed by atoms with Crippen molar-refractivity contribution in [1.82, 2.24) is 0 Å². The second-order valence-corrected chi connectivity index (χ2v) is 5.93. The Balaban J connectivity index is 2.63. The topological polar surface area (TPSA) is 46.5 Å². The Labute approximate surface area is 84.2 Å². The lowest BCUT2D eigenvalue weighted by molar-refractivity contribution is 0.414. The van der Waals surface area contributed by atoms with Crippen molar-refractivity contribution in [3.63, 3.8) is 0 Å².